The van der Waals surface area contributed by atoms with Crippen LogP contribution in [0.2, 0.25) is 0 Å². The van der Waals surface area contributed by atoms with E-state index < -0.39 is 5.97 Å². The highest BCUT2D eigenvalue weighted by Gasteiger charge is 2.25. The van der Waals surface area contributed by atoms with Crippen LogP contribution >= 0.6 is 0 Å². The number of carbonyl (C=O) groups excluding carboxylic acids is 2. The molecule has 1 aliphatic heterocycles. The number of esters is 1. The third-order valence-electron chi connectivity index (χ3n) is 4.02. The predicted octanol–water partition coefficient (Wildman–Crippen LogP) is 1.88. The number of carbonyl (C=O) groups is 2. The Morgan fingerprint density at radius 2 is 2.29 bits per heavy atom. The van der Waals surface area contributed by atoms with Crippen LogP contribution in [-0.4, -0.2) is 43.5 Å². The third-order valence-corrected chi connectivity index (χ3v) is 4.02. The maximum atomic E-state index is 13.3. The lowest BCUT2D eigenvalue weighted by Crippen LogP contribution is -2.42. The van der Waals surface area contributed by atoms with Gasteiger partial charge < -0.3 is 10.1 Å². The van der Waals surface area contributed by atoms with Gasteiger partial charge in [0, 0.05) is 25.7 Å². The van der Waals surface area contributed by atoms with E-state index in [1.165, 1.54) is 25.3 Å². The number of likely N-dealkylation sites (tertiary alicyclic amines) is 1. The number of rotatable bonds is 6. The number of halogens is 1. The lowest BCUT2D eigenvalue weighted by Gasteiger charge is -2.32. The summed E-state index contributed by atoms with van der Waals surface area (Å²) in [4.78, 5) is 25.3. The van der Waals surface area contributed by atoms with Gasteiger partial charge in [0.05, 0.1) is 13.0 Å². The Balaban J connectivity index is 1.80. The van der Waals surface area contributed by atoms with E-state index >= 15 is 0 Å². The minimum atomic E-state index is -0.441. The number of ether oxygens (including phenoxy) is 1. The largest absolute Gasteiger partial charge is 0.466 e. The predicted molar refractivity (Wildman–Crippen MR) is 88.6 cm³/mol. The molecule has 2 rings (SSSR count). The van der Waals surface area contributed by atoms with Crippen molar-refractivity contribution in [2.75, 3.05) is 26.7 Å². The van der Waals surface area contributed by atoms with Gasteiger partial charge in [0.2, 0.25) is 5.91 Å². The molecule has 1 heterocycles. The first kappa shape index (κ1) is 18.1. The van der Waals surface area contributed by atoms with E-state index in [-0.39, 0.29) is 17.6 Å². The monoisotopic (exact) mass is 334 g/mol. The number of hydrogen-bond donors (Lipinski definition) is 1. The summed E-state index contributed by atoms with van der Waals surface area (Å²) < 4.78 is 17.7. The van der Waals surface area contributed by atoms with Crippen LogP contribution in [0.3, 0.4) is 0 Å². The van der Waals surface area contributed by atoms with E-state index in [1.807, 2.05) is 6.07 Å². The van der Waals surface area contributed by atoms with Gasteiger partial charge in [0.1, 0.15) is 5.82 Å². The van der Waals surface area contributed by atoms with Crippen molar-refractivity contribution >= 4 is 11.9 Å². The Bertz CT molecular complexity index is 604. The van der Waals surface area contributed by atoms with Crippen molar-refractivity contribution in [1.29, 1.82) is 0 Å². The first-order valence-corrected chi connectivity index (χ1v) is 8.07. The number of nitrogens with one attached hydrogen (secondary N) is 1. The number of piperidine rings is 1. The molecule has 1 saturated heterocycles. The van der Waals surface area contributed by atoms with Crippen LogP contribution in [0.1, 0.15) is 18.4 Å². The minimum absolute atomic E-state index is 0.0199. The van der Waals surface area contributed by atoms with Crippen LogP contribution in [0.15, 0.2) is 36.4 Å². The van der Waals surface area contributed by atoms with Crippen molar-refractivity contribution in [3.63, 3.8) is 0 Å². The second-order valence-electron chi connectivity index (χ2n) is 5.87. The zero-order chi connectivity index (χ0) is 17.4. The number of amides is 1. The van der Waals surface area contributed by atoms with Crippen molar-refractivity contribution in [3.05, 3.63) is 47.8 Å². The fourth-order valence-electron chi connectivity index (χ4n) is 2.83. The van der Waals surface area contributed by atoms with Crippen LogP contribution in [0, 0.1) is 11.7 Å². The van der Waals surface area contributed by atoms with Crippen molar-refractivity contribution in [1.82, 2.24) is 10.2 Å². The highest BCUT2D eigenvalue weighted by Crippen LogP contribution is 2.19. The highest BCUT2D eigenvalue weighted by molar-refractivity contribution is 5.82. The Morgan fingerprint density at radius 3 is 3.04 bits per heavy atom. The molecule has 1 aliphatic rings. The van der Waals surface area contributed by atoms with Gasteiger partial charge in [-0.25, -0.2) is 9.18 Å². The Hall–Kier alpha value is -2.21. The molecular formula is C18H23FN2O3. The smallest absolute Gasteiger partial charge is 0.330 e. The lowest BCUT2D eigenvalue weighted by molar-refractivity contribution is -0.135. The fourth-order valence-corrected chi connectivity index (χ4v) is 2.83. The maximum absolute atomic E-state index is 13.3. The summed E-state index contributed by atoms with van der Waals surface area (Å²) in [5.74, 6) is -0.785. The topological polar surface area (TPSA) is 58.6 Å². The van der Waals surface area contributed by atoms with Gasteiger partial charge in [-0.3, -0.25) is 9.69 Å². The highest BCUT2D eigenvalue weighted by atomic mass is 19.1. The quantitative estimate of drug-likeness (QED) is 0.637. The summed E-state index contributed by atoms with van der Waals surface area (Å²) in [7, 11) is 1.31. The summed E-state index contributed by atoms with van der Waals surface area (Å²) in [5, 5.41) is 2.81. The van der Waals surface area contributed by atoms with Gasteiger partial charge in [0.25, 0.3) is 0 Å². The second kappa shape index (κ2) is 9.17. The molecule has 0 radical (unpaired) electrons. The molecule has 0 aromatic heterocycles. The normalized spacial score (nSPS) is 18.5. The maximum Gasteiger partial charge on any atom is 0.330 e. The minimum Gasteiger partial charge on any atom is -0.466 e. The van der Waals surface area contributed by atoms with Crippen LogP contribution in [-0.2, 0) is 20.9 Å². The van der Waals surface area contributed by atoms with Gasteiger partial charge in [-0.15, -0.1) is 0 Å². The number of methoxy groups -OCH3 is 1. The summed E-state index contributed by atoms with van der Waals surface area (Å²) in [6.45, 7) is 2.50. The number of benzene rings is 1. The fraction of sp³-hybridized carbons (Fsp3) is 0.444. The van der Waals surface area contributed by atoms with Crippen LogP contribution in [0.5, 0.6) is 0 Å². The summed E-state index contributed by atoms with van der Waals surface area (Å²) >= 11 is 0. The van der Waals surface area contributed by atoms with Crippen LogP contribution in [0.4, 0.5) is 4.39 Å². The molecule has 0 bridgehead atoms. The number of nitrogens with zero attached hydrogens (tertiary/aromatic N) is 1. The van der Waals surface area contributed by atoms with E-state index in [1.54, 1.807) is 12.1 Å². The summed E-state index contributed by atoms with van der Waals surface area (Å²) in [5.41, 5.74) is 0.914. The van der Waals surface area contributed by atoms with E-state index in [0.717, 1.165) is 24.9 Å². The van der Waals surface area contributed by atoms with Crippen molar-refractivity contribution < 1.29 is 18.7 Å². The molecule has 1 unspecified atom stereocenters. The number of hydrogen-bond acceptors (Lipinski definition) is 4. The average molecular weight is 334 g/mol. The molecular weight excluding hydrogens is 311 g/mol. The lowest BCUT2D eigenvalue weighted by atomic mass is 9.96. The molecule has 1 aromatic carbocycles. The second-order valence-corrected chi connectivity index (χ2v) is 5.87. The molecule has 24 heavy (non-hydrogen) atoms. The SMILES string of the molecule is COC(=O)/C=C/CNC(=O)C1CCCN(Cc2cccc(F)c2)C1. The van der Waals surface area contributed by atoms with Crippen LogP contribution < -0.4 is 5.32 Å². The molecule has 0 aliphatic carbocycles. The van der Waals surface area contributed by atoms with Gasteiger partial charge in [-0.1, -0.05) is 18.2 Å². The van der Waals surface area contributed by atoms with Crippen LogP contribution in [0.25, 0.3) is 0 Å². The Labute approximate surface area is 141 Å². The molecule has 1 N–H and O–H groups in total. The third kappa shape index (κ3) is 5.77. The summed E-state index contributed by atoms with van der Waals surface area (Å²) in [6, 6.07) is 6.55. The zero-order valence-corrected chi connectivity index (χ0v) is 13.8. The molecule has 5 nitrogen and oxygen atoms in total. The van der Waals surface area contributed by atoms with E-state index in [2.05, 4.69) is 15.0 Å². The average Bonchev–Trinajstić information content (AvgIpc) is 2.58. The molecule has 0 saturated carbocycles. The van der Waals surface area contributed by atoms with Gasteiger partial charge in [-0.05, 0) is 37.1 Å². The van der Waals surface area contributed by atoms with E-state index in [4.69, 9.17) is 0 Å². The Kier molecular flexibility index (Phi) is 6.93. The first-order chi connectivity index (χ1) is 11.6. The standard InChI is InChI=1S/C18H23FN2O3/c1-24-17(22)8-3-9-20-18(23)15-6-4-10-21(13-15)12-14-5-2-7-16(19)11-14/h2-3,5,7-8,11,15H,4,6,9-10,12-13H2,1H3,(H,20,23)/b8-3+. The molecule has 1 amide bonds. The van der Waals surface area contributed by atoms with Crippen molar-refractivity contribution in [2.45, 2.75) is 19.4 Å². The van der Waals surface area contributed by atoms with Gasteiger partial charge in [0.15, 0.2) is 0 Å². The van der Waals surface area contributed by atoms with Crippen molar-refractivity contribution in [2.24, 2.45) is 5.92 Å². The van der Waals surface area contributed by atoms with Gasteiger partial charge in [-0.2, -0.15) is 0 Å². The molecule has 6 heteroatoms. The first-order valence-electron chi connectivity index (χ1n) is 8.07. The Morgan fingerprint density at radius 1 is 1.46 bits per heavy atom. The molecule has 0 spiro atoms. The van der Waals surface area contributed by atoms with E-state index in [9.17, 15) is 14.0 Å². The van der Waals surface area contributed by atoms with Gasteiger partial charge >= 0.3 is 5.97 Å². The molecule has 130 valence electrons. The van der Waals surface area contributed by atoms with E-state index in [0.29, 0.717) is 19.6 Å². The zero-order valence-electron chi connectivity index (χ0n) is 13.8. The molecule has 1 aromatic rings. The molecule has 1 fully saturated rings. The van der Waals surface area contributed by atoms with Crippen molar-refractivity contribution in [3.8, 4) is 0 Å². The molecule has 1 atom stereocenters. The summed E-state index contributed by atoms with van der Waals surface area (Å²) in [6.07, 6.45) is 4.63.